The second-order valence-corrected chi connectivity index (χ2v) is 6.46. The van der Waals surface area contributed by atoms with Crippen LogP contribution >= 0.6 is 35.6 Å². The molecule has 144 valence electrons. The normalized spacial score (nSPS) is 11.2. The van der Waals surface area contributed by atoms with Crippen LogP contribution in [0.2, 0.25) is 5.02 Å². The zero-order valence-corrected chi connectivity index (χ0v) is 19.1. The lowest BCUT2D eigenvalue weighted by atomic mass is 10.1. The summed E-state index contributed by atoms with van der Waals surface area (Å²) in [5.41, 5.74) is 4.74. The first kappa shape index (κ1) is 22.8. The van der Waals surface area contributed by atoms with E-state index in [-0.39, 0.29) is 24.0 Å². The maximum atomic E-state index is 6.20. The molecule has 0 radical (unpaired) electrons. The lowest BCUT2D eigenvalue weighted by Crippen LogP contribution is -2.38. The number of halogens is 2. The number of nitrogens with one attached hydrogen (secondary N) is 2. The molecule has 0 bridgehead atoms. The Hall–Kier alpha value is -1.28. The summed E-state index contributed by atoms with van der Waals surface area (Å²) in [6.07, 6.45) is 1.76. The first-order chi connectivity index (χ1) is 12.0. The molecule has 0 unspecified atom stereocenters. The molecule has 7 heteroatoms. The summed E-state index contributed by atoms with van der Waals surface area (Å²) in [4.78, 5) is 4.68. The average molecular weight is 490 g/mol. The highest BCUT2D eigenvalue weighted by atomic mass is 127. The summed E-state index contributed by atoms with van der Waals surface area (Å²) in [6, 6.07) is 7.95. The van der Waals surface area contributed by atoms with Crippen molar-refractivity contribution in [3.63, 3.8) is 0 Å². The summed E-state index contributed by atoms with van der Waals surface area (Å²) in [5, 5.41) is 11.9. The Bertz CT molecular complexity index is 727. The standard InChI is InChI=1S/C19H28ClN5.HI/c1-5-21-19(22-12-10-16-8-6-7-9-18(16)20)23-13-11-17-14(2)24-25(4)15(17)3;/h6-9H,5,10-13H2,1-4H3,(H2,21,22,23);1H. The van der Waals surface area contributed by atoms with Crippen LogP contribution in [0.25, 0.3) is 0 Å². The van der Waals surface area contributed by atoms with Crippen LogP contribution in [-0.2, 0) is 19.9 Å². The molecule has 2 rings (SSSR count). The van der Waals surface area contributed by atoms with Crippen molar-refractivity contribution in [3.8, 4) is 0 Å². The van der Waals surface area contributed by atoms with Gasteiger partial charge in [-0.1, -0.05) is 29.8 Å². The van der Waals surface area contributed by atoms with Crippen molar-refractivity contribution >= 4 is 41.5 Å². The summed E-state index contributed by atoms with van der Waals surface area (Å²) in [7, 11) is 1.98. The monoisotopic (exact) mass is 489 g/mol. The lowest BCUT2D eigenvalue weighted by Gasteiger charge is -2.12. The number of benzene rings is 1. The van der Waals surface area contributed by atoms with Gasteiger partial charge in [0.2, 0.25) is 0 Å². The fraction of sp³-hybridized carbons (Fsp3) is 0.474. The predicted octanol–water partition coefficient (Wildman–Crippen LogP) is 3.65. The molecule has 1 aromatic heterocycles. The van der Waals surface area contributed by atoms with Gasteiger partial charge in [-0.15, -0.1) is 24.0 Å². The van der Waals surface area contributed by atoms with Crippen LogP contribution in [0.1, 0.15) is 29.4 Å². The van der Waals surface area contributed by atoms with Crippen molar-refractivity contribution in [2.75, 3.05) is 19.6 Å². The van der Waals surface area contributed by atoms with E-state index < -0.39 is 0 Å². The number of guanidine groups is 1. The van der Waals surface area contributed by atoms with E-state index in [4.69, 9.17) is 11.6 Å². The first-order valence-corrected chi connectivity index (χ1v) is 9.15. The van der Waals surface area contributed by atoms with Crippen LogP contribution in [-0.4, -0.2) is 35.4 Å². The SMILES string of the molecule is CCNC(=NCCc1c(C)nn(C)c1C)NCCc1ccccc1Cl.I. The summed E-state index contributed by atoms with van der Waals surface area (Å²) in [6.45, 7) is 8.59. The molecule has 5 nitrogen and oxygen atoms in total. The highest BCUT2D eigenvalue weighted by molar-refractivity contribution is 14.0. The van der Waals surface area contributed by atoms with Crippen molar-refractivity contribution < 1.29 is 0 Å². The third kappa shape index (κ3) is 6.46. The van der Waals surface area contributed by atoms with Crippen molar-refractivity contribution in [2.45, 2.75) is 33.6 Å². The number of rotatable bonds is 7. The minimum atomic E-state index is 0. The van der Waals surface area contributed by atoms with Gasteiger partial charge in [-0.2, -0.15) is 5.10 Å². The smallest absolute Gasteiger partial charge is 0.191 e. The quantitative estimate of drug-likeness (QED) is 0.355. The van der Waals surface area contributed by atoms with E-state index in [2.05, 4.69) is 47.6 Å². The molecule has 1 aromatic carbocycles. The zero-order valence-electron chi connectivity index (χ0n) is 16.0. The minimum Gasteiger partial charge on any atom is -0.357 e. The van der Waals surface area contributed by atoms with Crippen molar-refractivity contribution in [1.82, 2.24) is 20.4 Å². The van der Waals surface area contributed by atoms with Gasteiger partial charge in [0.15, 0.2) is 5.96 Å². The Morgan fingerprint density at radius 1 is 1.19 bits per heavy atom. The van der Waals surface area contributed by atoms with E-state index in [9.17, 15) is 0 Å². The molecule has 0 aliphatic heterocycles. The van der Waals surface area contributed by atoms with E-state index in [0.29, 0.717) is 0 Å². The van der Waals surface area contributed by atoms with E-state index in [1.165, 1.54) is 11.3 Å². The maximum Gasteiger partial charge on any atom is 0.191 e. The molecule has 0 saturated carbocycles. The molecule has 2 N–H and O–H groups in total. The first-order valence-electron chi connectivity index (χ1n) is 8.77. The Kier molecular flexibility index (Phi) is 10.0. The number of nitrogens with zero attached hydrogens (tertiary/aromatic N) is 3. The third-order valence-corrected chi connectivity index (χ3v) is 4.65. The summed E-state index contributed by atoms with van der Waals surface area (Å²) < 4.78 is 1.93. The van der Waals surface area contributed by atoms with Crippen LogP contribution < -0.4 is 10.6 Å². The Morgan fingerprint density at radius 3 is 2.54 bits per heavy atom. The molecular weight excluding hydrogens is 461 g/mol. The Balaban J connectivity index is 0.00000338. The fourth-order valence-electron chi connectivity index (χ4n) is 2.82. The van der Waals surface area contributed by atoms with Crippen LogP contribution in [0.4, 0.5) is 0 Å². The van der Waals surface area contributed by atoms with Gasteiger partial charge in [0.25, 0.3) is 0 Å². The van der Waals surface area contributed by atoms with Gasteiger partial charge in [-0.25, -0.2) is 0 Å². The number of hydrogen-bond acceptors (Lipinski definition) is 2. The zero-order chi connectivity index (χ0) is 18.2. The van der Waals surface area contributed by atoms with Gasteiger partial charge < -0.3 is 10.6 Å². The number of aromatic nitrogens is 2. The van der Waals surface area contributed by atoms with Crippen molar-refractivity contribution in [2.24, 2.45) is 12.0 Å². The van der Waals surface area contributed by atoms with E-state index in [0.717, 1.165) is 54.7 Å². The predicted molar refractivity (Wildman–Crippen MR) is 121 cm³/mol. The third-order valence-electron chi connectivity index (χ3n) is 4.28. The molecule has 1 heterocycles. The van der Waals surface area contributed by atoms with Crippen molar-refractivity contribution in [1.29, 1.82) is 0 Å². The highest BCUT2D eigenvalue weighted by Crippen LogP contribution is 2.15. The van der Waals surface area contributed by atoms with Crippen molar-refractivity contribution in [3.05, 3.63) is 51.8 Å². The molecular formula is C19H29ClIN5. The van der Waals surface area contributed by atoms with Crippen LogP contribution in [0.3, 0.4) is 0 Å². The van der Waals surface area contributed by atoms with Gasteiger partial charge >= 0.3 is 0 Å². The molecule has 0 atom stereocenters. The topological polar surface area (TPSA) is 54.2 Å². The summed E-state index contributed by atoms with van der Waals surface area (Å²) in [5.74, 6) is 0.841. The lowest BCUT2D eigenvalue weighted by molar-refractivity contribution is 0.729. The molecule has 0 amide bonds. The fourth-order valence-corrected chi connectivity index (χ4v) is 3.05. The van der Waals surface area contributed by atoms with E-state index in [1.807, 2.05) is 29.9 Å². The molecule has 26 heavy (non-hydrogen) atoms. The molecule has 0 aliphatic carbocycles. The maximum absolute atomic E-state index is 6.20. The molecule has 0 saturated heterocycles. The van der Waals surface area contributed by atoms with Gasteiger partial charge in [0, 0.05) is 37.4 Å². The minimum absolute atomic E-state index is 0. The van der Waals surface area contributed by atoms with Gasteiger partial charge in [0.05, 0.1) is 5.69 Å². The second-order valence-electron chi connectivity index (χ2n) is 6.05. The van der Waals surface area contributed by atoms with Gasteiger partial charge in [-0.05, 0) is 50.8 Å². The largest absolute Gasteiger partial charge is 0.357 e. The average Bonchev–Trinajstić information content (AvgIpc) is 2.82. The number of hydrogen-bond donors (Lipinski definition) is 2. The Morgan fingerprint density at radius 2 is 1.92 bits per heavy atom. The van der Waals surface area contributed by atoms with Crippen LogP contribution in [0, 0.1) is 13.8 Å². The molecule has 0 fully saturated rings. The summed E-state index contributed by atoms with van der Waals surface area (Å²) >= 11 is 6.20. The van der Waals surface area contributed by atoms with Gasteiger partial charge in [0.1, 0.15) is 0 Å². The highest BCUT2D eigenvalue weighted by Gasteiger charge is 2.08. The molecule has 0 spiro atoms. The van der Waals surface area contributed by atoms with Crippen LogP contribution in [0.15, 0.2) is 29.3 Å². The molecule has 2 aromatic rings. The van der Waals surface area contributed by atoms with E-state index >= 15 is 0 Å². The second kappa shape index (κ2) is 11.4. The molecule has 0 aliphatic rings. The van der Waals surface area contributed by atoms with Crippen LogP contribution in [0.5, 0.6) is 0 Å². The van der Waals surface area contributed by atoms with E-state index in [1.54, 1.807) is 0 Å². The Labute approximate surface area is 178 Å². The van der Waals surface area contributed by atoms with Gasteiger partial charge in [-0.3, -0.25) is 9.67 Å². The number of aliphatic imine (C=N–C) groups is 1. The number of aryl methyl sites for hydroxylation is 2.